The number of nitrogens with one attached hydrogen (secondary N) is 1. The molecule has 0 saturated carbocycles. The van der Waals surface area contributed by atoms with Crippen molar-refractivity contribution in [2.24, 2.45) is 0 Å². The van der Waals surface area contributed by atoms with Crippen LogP contribution < -0.4 is 10.2 Å². The zero-order valence-electron chi connectivity index (χ0n) is 18.9. The molecule has 1 aliphatic rings. The number of aliphatic hydroxyl groups is 1. The molecule has 3 atom stereocenters. The zero-order valence-corrected chi connectivity index (χ0v) is 18.9. The minimum absolute atomic E-state index is 0.197. The Kier molecular flexibility index (Phi) is 7.38. The summed E-state index contributed by atoms with van der Waals surface area (Å²) in [4.78, 5) is 2.05. The van der Waals surface area contributed by atoms with Gasteiger partial charge in [-0.05, 0) is 53.1 Å². The van der Waals surface area contributed by atoms with Crippen LogP contribution in [0.5, 0.6) is 0 Å². The van der Waals surface area contributed by atoms with Gasteiger partial charge < -0.3 is 20.1 Å². The summed E-state index contributed by atoms with van der Waals surface area (Å²) in [6.45, 7) is 0.976. The van der Waals surface area contributed by atoms with E-state index in [1.54, 1.807) is 24.3 Å². The predicted molar refractivity (Wildman–Crippen MR) is 126 cm³/mol. The number of anilines is 1. The minimum Gasteiger partial charge on any atom is -0.391 e. The van der Waals surface area contributed by atoms with Crippen LogP contribution in [0.3, 0.4) is 0 Å². The van der Waals surface area contributed by atoms with Gasteiger partial charge in [-0.1, -0.05) is 36.4 Å². The van der Waals surface area contributed by atoms with E-state index < -0.39 is 6.10 Å². The monoisotopic (exact) mass is 452 g/mol. The van der Waals surface area contributed by atoms with Gasteiger partial charge >= 0.3 is 0 Å². The van der Waals surface area contributed by atoms with Gasteiger partial charge in [-0.2, -0.15) is 0 Å². The van der Waals surface area contributed by atoms with Crippen LogP contribution in [0.15, 0.2) is 72.8 Å². The summed E-state index contributed by atoms with van der Waals surface area (Å²) in [5, 5.41) is 14.3. The van der Waals surface area contributed by atoms with Crippen molar-refractivity contribution < 1.29 is 18.6 Å². The predicted octanol–water partition coefficient (Wildman–Crippen LogP) is 4.47. The second kappa shape index (κ2) is 10.4. The Balaban J connectivity index is 1.44. The van der Waals surface area contributed by atoms with Gasteiger partial charge in [0.05, 0.1) is 24.9 Å². The molecule has 0 amide bonds. The quantitative estimate of drug-likeness (QED) is 0.555. The number of halogens is 2. The Morgan fingerprint density at radius 3 is 1.94 bits per heavy atom. The lowest BCUT2D eigenvalue weighted by Crippen LogP contribution is -2.50. The molecule has 4 rings (SSSR count). The van der Waals surface area contributed by atoms with Gasteiger partial charge in [0, 0.05) is 38.7 Å². The van der Waals surface area contributed by atoms with Crippen molar-refractivity contribution in [2.75, 3.05) is 25.6 Å². The second-order valence-electron chi connectivity index (χ2n) is 8.80. The van der Waals surface area contributed by atoms with Crippen molar-refractivity contribution in [1.29, 1.82) is 0 Å². The number of rotatable bonds is 7. The fourth-order valence-electron chi connectivity index (χ4n) is 4.36. The van der Waals surface area contributed by atoms with E-state index in [-0.39, 0.29) is 29.7 Å². The molecule has 33 heavy (non-hydrogen) atoms. The molecule has 1 aliphatic heterocycles. The van der Waals surface area contributed by atoms with Gasteiger partial charge in [-0.25, -0.2) is 8.78 Å². The highest BCUT2D eigenvalue weighted by molar-refractivity contribution is 5.46. The minimum atomic E-state index is -0.604. The highest BCUT2D eigenvalue weighted by Crippen LogP contribution is 2.35. The van der Waals surface area contributed by atoms with E-state index in [2.05, 4.69) is 34.5 Å². The molecule has 1 heterocycles. The summed E-state index contributed by atoms with van der Waals surface area (Å²) >= 11 is 0. The van der Waals surface area contributed by atoms with Crippen LogP contribution in [0.2, 0.25) is 0 Å². The molecule has 0 bridgehead atoms. The van der Waals surface area contributed by atoms with Gasteiger partial charge in [-0.3, -0.25) is 0 Å². The molecule has 0 radical (unpaired) electrons. The lowest BCUT2D eigenvalue weighted by molar-refractivity contribution is -0.0718. The van der Waals surface area contributed by atoms with E-state index in [0.717, 1.165) is 22.4 Å². The first-order valence-corrected chi connectivity index (χ1v) is 11.2. The fraction of sp³-hybridized carbons (Fsp3) is 0.333. The van der Waals surface area contributed by atoms with Crippen molar-refractivity contribution in [3.63, 3.8) is 0 Å². The summed E-state index contributed by atoms with van der Waals surface area (Å²) in [5.41, 5.74) is 4.00. The van der Waals surface area contributed by atoms with Crippen LogP contribution in [-0.4, -0.2) is 44.1 Å². The number of nitrogens with zero attached hydrogens (tertiary/aromatic N) is 1. The molecule has 4 nitrogen and oxygen atoms in total. The average Bonchev–Trinajstić information content (AvgIpc) is 2.81. The summed E-state index contributed by atoms with van der Waals surface area (Å²) < 4.78 is 33.2. The lowest BCUT2D eigenvalue weighted by atomic mass is 9.82. The summed E-state index contributed by atoms with van der Waals surface area (Å²) in [6.07, 6.45) is -0.502. The van der Waals surface area contributed by atoms with E-state index in [4.69, 9.17) is 4.74 Å². The van der Waals surface area contributed by atoms with Crippen molar-refractivity contribution in [3.8, 4) is 0 Å². The molecule has 1 fully saturated rings. The molecule has 0 spiro atoms. The van der Waals surface area contributed by atoms with E-state index >= 15 is 0 Å². The third-order valence-electron chi connectivity index (χ3n) is 6.28. The molecule has 3 aromatic rings. The molecule has 174 valence electrons. The molecule has 3 unspecified atom stereocenters. The lowest BCUT2D eigenvalue weighted by Gasteiger charge is -2.38. The summed E-state index contributed by atoms with van der Waals surface area (Å²) in [7, 11) is 4.01. The first-order valence-electron chi connectivity index (χ1n) is 11.2. The molecule has 3 aromatic carbocycles. The number of hydrogen-bond acceptors (Lipinski definition) is 4. The third kappa shape index (κ3) is 5.77. The first kappa shape index (κ1) is 23.4. The molecular formula is C27H30F2N2O2. The highest BCUT2D eigenvalue weighted by Gasteiger charge is 2.35. The van der Waals surface area contributed by atoms with E-state index in [1.165, 1.54) is 24.3 Å². The van der Waals surface area contributed by atoms with Crippen molar-refractivity contribution >= 4 is 5.69 Å². The average molecular weight is 453 g/mol. The SMILES string of the molecule is CN(C)c1ccc(CNC2COC(C(c3ccc(F)cc3)c3ccc(F)cc3)CC2O)cc1. The third-order valence-corrected chi connectivity index (χ3v) is 6.28. The second-order valence-corrected chi connectivity index (χ2v) is 8.80. The Bertz CT molecular complexity index is 978. The molecule has 2 N–H and O–H groups in total. The van der Waals surface area contributed by atoms with Crippen LogP contribution >= 0.6 is 0 Å². The Hall–Kier alpha value is -2.80. The number of ether oxygens (including phenoxy) is 1. The van der Waals surface area contributed by atoms with Gasteiger partial charge in [0.25, 0.3) is 0 Å². The Morgan fingerprint density at radius 2 is 1.45 bits per heavy atom. The van der Waals surface area contributed by atoms with Crippen LogP contribution in [0.1, 0.15) is 29.0 Å². The smallest absolute Gasteiger partial charge is 0.123 e. The molecule has 1 saturated heterocycles. The maximum atomic E-state index is 13.5. The molecular weight excluding hydrogens is 422 g/mol. The number of aliphatic hydroxyl groups excluding tert-OH is 1. The summed E-state index contributed by atoms with van der Waals surface area (Å²) in [6, 6.07) is 20.6. The molecule has 0 aromatic heterocycles. The Labute approximate surface area is 193 Å². The van der Waals surface area contributed by atoms with E-state index in [9.17, 15) is 13.9 Å². The maximum Gasteiger partial charge on any atom is 0.123 e. The van der Waals surface area contributed by atoms with Crippen LogP contribution in [0, 0.1) is 11.6 Å². The van der Waals surface area contributed by atoms with E-state index in [0.29, 0.717) is 19.6 Å². The van der Waals surface area contributed by atoms with E-state index in [1.807, 2.05) is 14.1 Å². The van der Waals surface area contributed by atoms with Gasteiger partial charge in [0.15, 0.2) is 0 Å². The Morgan fingerprint density at radius 1 is 0.909 bits per heavy atom. The number of benzene rings is 3. The van der Waals surface area contributed by atoms with Crippen LogP contribution in [0.25, 0.3) is 0 Å². The first-order chi connectivity index (χ1) is 15.9. The topological polar surface area (TPSA) is 44.7 Å². The normalized spacial score (nSPS) is 20.7. The highest BCUT2D eigenvalue weighted by atomic mass is 19.1. The maximum absolute atomic E-state index is 13.5. The fourth-order valence-corrected chi connectivity index (χ4v) is 4.36. The van der Waals surface area contributed by atoms with Crippen LogP contribution in [0.4, 0.5) is 14.5 Å². The van der Waals surface area contributed by atoms with Gasteiger partial charge in [0.2, 0.25) is 0 Å². The standard InChI is InChI=1S/C27H30F2N2O2/c1-31(2)23-13-3-18(4-14-23)16-30-24-17-33-26(15-25(24)32)27(19-5-9-21(28)10-6-19)20-7-11-22(29)12-8-20/h3-14,24-27,30,32H,15-17H2,1-2H3. The van der Waals surface area contributed by atoms with Crippen molar-refractivity contribution in [1.82, 2.24) is 5.32 Å². The van der Waals surface area contributed by atoms with Gasteiger partial charge in [0.1, 0.15) is 11.6 Å². The largest absolute Gasteiger partial charge is 0.391 e. The van der Waals surface area contributed by atoms with Crippen molar-refractivity contribution in [2.45, 2.75) is 37.1 Å². The number of hydrogen-bond donors (Lipinski definition) is 2. The van der Waals surface area contributed by atoms with Gasteiger partial charge in [-0.15, -0.1) is 0 Å². The summed E-state index contributed by atoms with van der Waals surface area (Å²) in [5.74, 6) is -0.867. The molecule has 0 aliphatic carbocycles. The van der Waals surface area contributed by atoms with Crippen LogP contribution in [-0.2, 0) is 11.3 Å². The zero-order chi connectivity index (χ0) is 23.4. The molecule has 6 heteroatoms. The van der Waals surface area contributed by atoms with Crippen molar-refractivity contribution in [3.05, 3.63) is 101 Å².